The van der Waals surface area contributed by atoms with Gasteiger partial charge in [0.25, 0.3) is 0 Å². The molecule has 0 unspecified atom stereocenters. The standard InChI is InChI=1S/C16H24N4O.2ClH/c17-16(6-1-2-7-16)15(21)19-12-13-5-8-18-14(11-13)20-9-3-4-10-20;;/h5,8,11H,1-4,6-7,9-10,12,17H2,(H,19,21);2*1H. The van der Waals surface area contributed by atoms with Crippen LogP contribution in [0.4, 0.5) is 5.82 Å². The van der Waals surface area contributed by atoms with Crippen LogP contribution in [0.1, 0.15) is 44.1 Å². The zero-order valence-electron chi connectivity index (χ0n) is 13.3. The van der Waals surface area contributed by atoms with Gasteiger partial charge in [-0.05, 0) is 43.4 Å². The van der Waals surface area contributed by atoms with E-state index in [-0.39, 0.29) is 30.7 Å². The normalized spacial score (nSPS) is 18.9. The van der Waals surface area contributed by atoms with Crippen molar-refractivity contribution in [2.45, 2.75) is 50.6 Å². The van der Waals surface area contributed by atoms with E-state index in [9.17, 15) is 4.79 Å². The summed E-state index contributed by atoms with van der Waals surface area (Å²) in [4.78, 5) is 18.9. The minimum absolute atomic E-state index is 0. The van der Waals surface area contributed by atoms with E-state index in [0.717, 1.165) is 50.2 Å². The number of nitrogens with one attached hydrogen (secondary N) is 1. The van der Waals surface area contributed by atoms with Crippen LogP contribution < -0.4 is 16.0 Å². The second kappa shape index (κ2) is 8.71. The molecule has 2 heterocycles. The summed E-state index contributed by atoms with van der Waals surface area (Å²) >= 11 is 0. The molecule has 1 aliphatic carbocycles. The lowest BCUT2D eigenvalue weighted by molar-refractivity contribution is -0.126. The molecule has 0 atom stereocenters. The first-order valence-corrected chi connectivity index (χ1v) is 7.94. The monoisotopic (exact) mass is 360 g/mol. The first kappa shape index (κ1) is 20.0. The van der Waals surface area contributed by atoms with Crippen molar-refractivity contribution in [2.75, 3.05) is 18.0 Å². The molecule has 1 aromatic rings. The zero-order chi connectivity index (χ0) is 14.7. The Morgan fingerprint density at radius 1 is 1.22 bits per heavy atom. The van der Waals surface area contributed by atoms with Crippen LogP contribution in [0.2, 0.25) is 0 Å². The predicted octanol–water partition coefficient (Wildman–Crippen LogP) is 2.41. The predicted molar refractivity (Wildman–Crippen MR) is 97.4 cm³/mol. The molecule has 0 spiro atoms. The van der Waals surface area contributed by atoms with Crippen LogP contribution in [0, 0.1) is 0 Å². The highest BCUT2D eigenvalue weighted by molar-refractivity contribution is 5.86. The van der Waals surface area contributed by atoms with E-state index >= 15 is 0 Å². The Kier molecular flexibility index (Phi) is 7.58. The van der Waals surface area contributed by atoms with Crippen molar-refractivity contribution < 1.29 is 4.79 Å². The third-order valence-electron chi connectivity index (χ3n) is 4.64. The van der Waals surface area contributed by atoms with Crippen molar-refractivity contribution in [1.82, 2.24) is 10.3 Å². The molecule has 0 aromatic carbocycles. The molecule has 2 fully saturated rings. The molecule has 23 heavy (non-hydrogen) atoms. The van der Waals surface area contributed by atoms with Crippen LogP contribution in [0.3, 0.4) is 0 Å². The summed E-state index contributed by atoms with van der Waals surface area (Å²) in [7, 11) is 0. The molecular formula is C16H26Cl2N4O. The van der Waals surface area contributed by atoms with Crippen LogP contribution in [0.5, 0.6) is 0 Å². The van der Waals surface area contributed by atoms with Gasteiger partial charge in [0, 0.05) is 25.8 Å². The molecule has 7 heteroatoms. The van der Waals surface area contributed by atoms with Gasteiger partial charge in [-0.15, -0.1) is 24.8 Å². The third kappa shape index (κ3) is 4.72. The van der Waals surface area contributed by atoms with E-state index in [1.165, 1.54) is 12.8 Å². The molecular weight excluding hydrogens is 335 g/mol. The lowest BCUT2D eigenvalue weighted by Gasteiger charge is -2.22. The summed E-state index contributed by atoms with van der Waals surface area (Å²) in [6.45, 7) is 2.69. The number of nitrogens with two attached hydrogens (primary N) is 1. The highest BCUT2D eigenvalue weighted by Crippen LogP contribution is 2.27. The molecule has 3 N–H and O–H groups in total. The Balaban J connectivity index is 0.00000132. The van der Waals surface area contributed by atoms with Crippen LogP contribution in [-0.4, -0.2) is 29.5 Å². The average molecular weight is 361 g/mol. The molecule has 5 nitrogen and oxygen atoms in total. The number of hydrogen-bond donors (Lipinski definition) is 2. The summed E-state index contributed by atoms with van der Waals surface area (Å²) in [6, 6.07) is 4.03. The Morgan fingerprint density at radius 2 is 1.87 bits per heavy atom. The smallest absolute Gasteiger partial charge is 0.240 e. The lowest BCUT2D eigenvalue weighted by Crippen LogP contribution is -2.51. The number of rotatable bonds is 4. The molecule has 2 aliphatic rings. The first-order valence-electron chi connectivity index (χ1n) is 7.94. The van der Waals surface area contributed by atoms with Crippen molar-refractivity contribution in [3.63, 3.8) is 0 Å². The minimum atomic E-state index is -0.648. The maximum Gasteiger partial charge on any atom is 0.240 e. The first-order chi connectivity index (χ1) is 10.2. The van der Waals surface area contributed by atoms with Crippen LogP contribution in [0.25, 0.3) is 0 Å². The quantitative estimate of drug-likeness (QED) is 0.864. The van der Waals surface area contributed by atoms with Gasteiger partial charge >= 0.3 is 0 Å². The molecule has 1 aliphatic heterocycles. The summed E-state index contributed by atoms with van der Waals surface area (Å²) in [6.07, 6.45) is 8.00. The van der Waals surface area contributed by atoms with Gasteiger partial charge in [-0.3, -0.25) is 4.79 Å². The molecule has 0 bridgehead atoms. The number of carbonyl (C=O) groups is 1. The highest BCUT2D eigenvalue weighted by atomic mass is 35.5. The molecule has 1 saturated carbocycles. The van der Waals surface area contributed by atoms with Crippen molar-refractivity contribution in [1.29, 1.82) is 0 Å². The fourth-order valence-corrected chi connectivity index (χ4v) is 3.28. The van der Waals surface area contributed by atoms with Crippen LogP contribution in [-0.2, 0) is 11.3 Å². The number of halogens is 2. The zero-order valence-corrected chi connectivity index (χ0v) is 14.9. The Morgan fingerprint density at radius 3 is 2.52 bits per heavy atom. The average Bonchev–Trinajstić information content (AvgIpc) is 3.17. The Labute approximate surface area is 150 Å². The largest absolute Gasteiger partial charge is 0.357 e. The minimum Gasteiger partial charge on any atom is -0.357 e. The van der Waals surface area contributed by atoms with Gasteiger partial charge in [-0.1, -0.05) is 12.8 Å². The van der Waals surface area contributed by atoms with Gasteiger partial charge in [0.2, 0.25) is 5.91 Å². The number of anilines is 1. The topological polar surface area (TPSA) is 71.2 Å². The van der Waals surface area contributed by atoms with Crippen molar-refractivity contribution in [2.24, 2.45) is 5.73 Å². The van der Waals surface area contributed by atoms with Gasteiger partial charge in [-0.2, -0.15) is 0 Å². The molecule has 1 aromatic heterocycles. The summed E-state index contributed by atoms with van der Waals surface area (Å²) in [5.41, 5.74) is 6.60. The lowest BCUT2D eigenvalue weighted by atomic mass is 9.98. The number of amides is 1. The van der Waals surface area contributed by atoms with E-state index in [1.54, 1.807) is 0 Å². The maximum atomic E-state index is 12.2. The van der Waals surface area contributed by atoms with E-state index in [1.807, 2.05) is 12.3 Å². The Hall–Kier alpha value is -1.04. The van der Waals surface area contributed by atoms with Crippen LogP contribution >= 0.6 is 24.8 Å². The fraction of sp³-hybridized carbons (Fsp3) is 0.625. The van der Waals surface area contributed by atoms with E-state index in [0.29, 0.717) is 6.54 Å². The Bertz CT molecular complexity index is 515. The van der Waals surface area contributed by atoms with E-state index < -0.39 is 5.54 Å². The molecule has 130 valence electrons. The number of aromatic nitrogens is 1. The maximum absolute atomic E-state index is 12.2. The number of hydrogen-bond acceptors (Lipinski definition) is 4. The van der Waals surface area contributed by atoms with E-state index in [4.69, 9.17) is 5.73 Å². The third-order valence-corrected chi connectivity index (χ3v) is 4.64. The van der Waals surface area contributed by atoms with E-state index in [2.05, 4.69) is 21.3 Å². The molecule has 3 rings (SSSR count). The number of pyridine rings is 1. The second-order valence-electron chi connectivity index (χ2n) is 6.26. The molecule has 0 radical (unpaired) electrons. The second-order valence-corrected chi connectivity index (χ2v) is 6.26. The van der Waals surface area contributed by atoms with Crippen molar-refractivity contribution >= 4 is 36.5 Å². The van der Waals surface area contributed by atoms with Gasteiger partial charge in [0.1, 0.15) is 5.82 Å². The summed E-state index contributed by atoms with van der Waals surface area (Å²) in [5, 5.41) is 2.99. The van der Waals surface area contributed by atoms with Crippen molar-refractivity contribution in [3.8, 4) is 0 Å². The number of nitrogens with zero attached hydrogens (tertiary/aromatic N) is 2. The molecule has 1 amide bonds. The molecule has 1 saturated heterocycles. The van der Waals surface area contributed by atoms with Gasteiger partial charge in [-0.25, -0.2) is 4.98 Å². The highest BCUT2D eigenvalue weighted by Gasteiger charge is 2.36. The SMILES string of the molecule is Cl.Cl.NC1(C(=O)NCc2ccnc(N3CCCC3)c2)CCCC1. The fourth-order valence-electron chi connectivity index (χ4n) is 3.28. The summed E-state index contributed by atoms with van der Waals surface area (Å²) < 4.78 is 0. The number of carbonyl (C=O) groups excluding carboxylic acids is 1. The van der Waals surface area contributed by atoms with Gasteiger partial charge in [0.15, 0.2) is 0 Å². The van der Waals surface area contributed by atoms with Crippen molar-refractivity contribution in [3.05, 3.63) is 23.9 Å². The van der Waals surface area contributed by atoms with Crippen LogP contribution in [0.15, 0.2) is 18.3 Å². The summed E-state index contributed by atoms with van der Waals surface area (Å²) in [5.74, 6) is 1.00. The van der Waals surface area contributed by atoms with Gasteiger partial charge < -0.3 is 16.0 Å². The van der Waals surface area contributed by atoms with Gasteiger partial charge in [0.05, 0.1) is 5.54 Å².